The third kappa shape index (κ3) is 5.09. The average Bonchev–Trinajstić information content (AvgIpc) is 2.53. The van der Waals surface area contributed by atoms with E-state index in [1.807, 2.05) is 0 Å². The second-order valence-electron chi connectivity index (χ2n) is 6.19. The Bertz CT molecular complexity index is 780. The number of benzene rings is 1. The molecule has 10 heteroatoms. The predicted octanol–water partition coefficient (Wildman–Crippen LogP) is 2.43. The number of halogens is 3. The van der Waals surface area contributed by atoms with Gasteiger partial charge in [0, 0.05) is 19.6 Å². The van der Waals surface area contributed by atoms with E-state index in [1.165, 1.54) is 4.31 Å². The summed E-state index contributed by atoms with van der Waals surface area (Å²) in [5.74, 6) is -0.238. The van der Waals surface area contributed by atoms with E-state index in [0.29, 0.717) is 0 Å². The Morgan fingerprint density at radius 3 is 2.46 bits per heavy atom. The van der Waals surface area contributed by atoms with Crippen molar-refractivity contribution in [1.29, 1.82) is 5.26 Å². The standard InChI is InChI=1S/C16H20F3N3O3S/c1-11-9-22(10-12(2)25-11)26(23,24)6-5-21-15-4-3-14(16(17,18)19)7-13(15)8-20/h3-4,7,11-12,21H,5-6,9-10H2,1-2H3. The lowest BCUT2D eigenvalue weighted by molar-refractivity contribution is -0.137. The molecular formula is C16H20F3N3O3S. The predicted molar refractivity (Wildman–Crippen MR) is 90.0 cm³/mol. The Morgan fingerprint density at radius 2 is 1.92 bits per heavy atom. The zero-order valence-electron chi connectivity index (χ0n) is 14.4. The number of nitrogens with zero attached hydrogens (tertiary/aromatic N) is 2. The lowest BCUT2D eigenvalue weighted by Crippen LogP contribution is -2.49. The van der Waals surface area contributed by atoms with Crippen molar-refractivity contribution < 1.29 is 26.3 Å². The molecular weight excluding hydrogens is 371 g/mol. The number of alkyl halides is 3. The number of morpholine rings is 1. The van der Waals surface area contributed by atoms with Gasteiger partial charge in [0.2, 0.25) is 10.0 Å². The number of anilines is 1. The summed E-state index contributed by atoms with van der Waals surface area (Å²) in [5, 5.41) is 11.8. The van der Waals surface area contributed by atoms with Gasteiger partial charge in [-0.25, -0.2) is 8.42 Å². The zero-order valence-corrected chi connectivity index (χ0v) is 15.2. The smallest absolute Gasteiger partial charge is 0.383 e. The van der Waals surface area contributed by atoms with Crippen molar-refractivity contribution in [2.75, 3.05) is 30.7 Å². The first-order chi connectivity index (χ1) is 12.0. The number of nitriles is 1. The Hall–Kier alpha value is -1.83. The van der Waals surface area contributed by atoms with Gasteiger partial charge in [0.25, 0.3) is 0 Å². The van der Waals surface area contributed by atoms with Gasteiger partial charge in [-0.3, -0.25) is 0 Å². The second-order valence-corrected chi connectivity index (χ2v) is 8.28. The third-order valence-corrected chi connectivity index (χ3v) is 5.73. The molecule has 1 fully saturated rings. The molecule has 6 nitrogen and oxygen atoms in total. The summed E-state index contributed by atoms with van der Waals surface area (Å²) in [6.07, 6.45) is -4.96. The van der Waals surface area contributed by atoms with Crippen LogP contribution in [0, 0.1) is 11.3 Å². The molecule has 0 aromatic heterocycles. The lowest BCUT2D eigenvalue weighted by atomic mass is 10.1. The summed E-state index contributed by atoms with van der Waals surface area (Å²) in [5.41, 5.74) is -0.950. The maximum Gasteiger partial charge on any atom is 0.416 e. The van der Waals surface area contributed by atoms with Crippen LogP contribution in [0.15, 0.2) is 18.2 Å². The van der Waals surface area contributed by atoms with E-state index in [2.05, 4.69) is 5.32 Å². The van der Waals surface area contributed by atoms with Gasteiger partial charge in [0.05, 0.1) is 34.8 Å². The molecule has 1 saturated heterocycles. The molecule has 0 bridgehead atoms. The van der Waals surface area contributed by atoms with E-state index in [4.69, 9.17) is 10.00 Å². The first-order valence-corrected chi connectivity index (χ1v) is 9.62. The molecule has 1 aliphatic heterocycles. The molecule has 26 heavy (non-hydrogen) atoms. The number of sulfonamides is 1. The minimum atomic E-state index is -4.54. The number of hydrogen-bond acceptors (Lipinski definition) is 5. The number of ether oxygens (including phenoxy) is 1. The van der Waals surface area contributed by atoms with Crippen LogP contribution in [0.4, 0.5) is 18.9 Å². The van der Waals surface area contributed by atoms with Crippen molar-refractivity contribution in [1.82, 2.24) is 4.31 Å². The average molecular weight is 391 g/mol. The van der Waals surface area contributed by atoms with Gasteiger partial charge in [0.1, 0.15) is 6.07 Å². The summed E-state index contributed by atoms with van der Waals surface area (Å²) in [4.78, 5) is 0. The van der Waals surface area contributed by atoms with Gasteiger partial charge >= 0.3 is 6.18 Å². The van der Waals surface area contributed by atoms with Crippen molar-refractivity contribution in [2.45, 2.75) is 32.2 Å². The van der Waals surface area contributed by atoms with E-state index >= 15 is 0 Å². The van der Waals surface area contributed by atoms with E-state index < -0.39 is 21.8 Å². The fraction of sp³-hybridized carbons (Fsp3) is 0.562. The molecule has 0 aliphatic carbocycles. The second kappa shape index (κ2) is 7.82. The molecule has 1 heterocycles. The topological polar surface area (TPSA) is 82.4 Å². The highest BCUT2D eigenvalue weighted by molar-refractivity contribution is 7.89. The summed E-state index contributed by atoms with van der Waals surface area (Å²) in [6.45, 7) is 4.07. The van der Waals surface area contributed by atoms with Crippen LogP contribution in [0.5, 0.6) is 0 Å². The molecule has 2 atom stereocenters. The molecule has 0 amide bonds. The Kier molecular flexibility index (Phi) is 6.16. The molecule has 0 saturated carbocycles. The van der Waals surface area contributed by atoms with Gasteiger partial charge in [-0.1, -0.05) is 0 Å². The quantitative estimate of drug-likeness (QED) is 0.834. The molecule has 0 radical (unpaired) electrons. The van der Waals surface area contributed by atoms with Gasteiger partial charge in [0.15, 0.2) is 0 Å². The third-order valence-electron chi connectivity index (χ3n) is 3.92. The maximum atomic E-state index is 12.7. The molecule has 1 N–H and O–H groups in total. The van der Waals surface area contributed by atoms with Crippen molar-refractivity contribution >= 4 is 15.7 Å². The fourth-order valence-corrected chi connectivity index (χ4v) is 4.26. The van der Waals surface area contributed by atoms with Crippen LogP contribution in [0.3, 0.4) is 0 Å². The minimum absolute atomic E-state index is 0.0253. The van der Waals surface area contributed by atoms with Crippen LogP contribution in [0.25, 0.3) is 0 Å². The van der Waals surface area contributed by atoms with Crippen molar-refractivity contribution in [2.24, 2.45) is 0 Å². The van der Waals surface area contributed by atoms with Gasteiger partial charge < -0.3 is 10.1 Å². The van der Waals surface area contributed by atoms with Crippen molar-refractivity contribution in [3.63, 3.8) is 0 Å². The minimum Gasteiger partial charge on any atom is -0.383 e. The Balaban J connectivity index is 2.02. The summed E-state index contributed by atoms with van der Waals surface area (Å²) < 4.78 is 69.8. The number of rotatable bonds is 5. The molecule has 2 unspecified atom stereocenters. The van der Waals surface area contributed by atoms with E-state index in [1.54, 1.807) is 19.9 Å². The van der Waals surface area contributed by atoms with Crippen LogP contribution in [-0.4, -0.2) is 50.3 Å². The van der Waals surface area contributed by atoms with Gasteiger partial charge in [-0.2, -0.15) is 22.7 Å². The van der Waals surface area contributed by atoms with Gasteiger partial charge in [-0.15, -0.1) is 0 Å². The molecule has 2 rings (SSSR count). The van der Waals surface area contributed by atoms with E-state index in [-0.39, 0.29) is 48.8 Å². The lowest BCUT2D eigenvalue weighted by Gasteiger charge is -2.34. The van der Waals surface area contributed by atoms with Crippen LogP contribution in [-0.2, 0) is 20.9 Å². The van der Waals surface area contributed by atoms with Crippen molar-refractivity contribution in [3.8, 4) is 6.07 Å². The monoisotopic (exact) mass is 391 g/mol. The highest BCUT2D eigenvalue weighted by atomic mass is 32.2. The highest BCUT2D eigenvalue weighted by Gasteiger charge is 2.32. The van der Waals surface area contributed by atoms with Gasteiger partial charge in [-0.05, 0) is 32.0 Å². The first-order valence-electron chi connectivity index (χ1n) is 8.01. The largest absolute Gasteiger partial charge is 0.416 e. The molecule has 1 aliphatic rings. The van der Waals surface area contributed by atoms with Crippen LogP contribution < -0.4 is 5.32 Å². The molecule has 1 aromatic carbocycles. The highest BCUT2D eigenvalue weighted by Crippen LogP contribution is 2.31. The fourth-order valence-electron chi connectivity index (χ4n) is 2.77. The number of hydrogen-bond donors (Lipinski definition) is 1. The number of nitrogens with one attached hydrogen (secondary N) is 1. The summed E-state index contributed by atoms with van der Waals surface area (Å²) in [7, 11) is -3.54. The molecule has 144 valence electrons. The van der Waals surface area contributed by atoms with E-state index in [9.17, 15) is 21.6 Å². The first kappa shape index (κ1) is 20.5. The maximum absolute atomic E-state index is 12.7. The van der Waals surface area contributed by atoms with E-state index in [0.717, 1.165) is 18.2 Å². The van der Waals surface area contributed by atoms with Crippen molar-refractivity contribution in [3.05, 3.63) is 29.3 Å². The SMILES string of the molecule is CC1CN(S(=O)(=O)CCNc2ccc(C(F)(F)F)cc2C#N)CC(C)O1. The molecule has 1 aromatic rings. The Morgan fingerprint density at radius 1 is 1.31 bits per heavy atom. The van der Waals surface area contributed by atoms with Crippen LogP contribution in [0.2, 0.25) is 0 Å². The summed E-state index contributed by atoms with van der Waals surface area (Å²) >= 11 is 0. The normalized spacial score (nSPS) is 22.0. The van der Waals surface area contributed by atoms with Crippen LogP contribution >= 0.6 is 0 Å². The van der Waals surface area contributed by atoms with Crippen LogP contribution in [0.1, 0.15) is 25.0 Å². The summed E-state index contributed by atoms with van der Waals surface area (Å²) in [6, 6.07) is 4.41. The Labute approximate surface area is 150 Å². The zero-order chi connectivity index (χ0) is 19.5. The molecule has 0 spiro atoms.